The first-order valence-electron chi connectivity index (χ1n) is 3.33. The SMILES string of the molecule is C=C[Si](F)(C=C)C(C)(C)C. The third-order valence-corrected chi connectivity index (χ3v) is 5.23. The minimum Gasteiger partial charge on any atom is -0.303 e. The van der Waals surface area contributed by atoms with Crippen molar-refractivity contribution in [1.29, 1.82) is 0 Å². The van der Waals surface area contributed by atoms with Crippen LogP contribution in [0.2, 0.25) is 5.04 Å². The van der Waals surface area contributed by atoms with Gasteiger partial charge in [-0.1, -0.05) is 32.2 Å². The second-order valence-electron chi connectivity index (χ2n) is 3.43. The zero-order valence-electron chi connectivity index (χ0n) is 6.95. The molecule has 2 heteroatoms. The van der Waals surface area contributed by atoms with E-state index in [-0.39, 0.29) is 5.04 Å². The fourth-order valence-corrected chi connectivity index (χ4v) is 2.09. The van der Waals surface area contributed by atoms with E-state index in [9.17, 15) is 4.11 Å². The zero-order chi connectivity index (χ0) is 8.41. The maximum Gasteiger partial charge on any atom is 0.298 e. The molecule has 0 rings (SSSR count). The first kappa shape index (κ1) is 9.63. The predicted molar refractivity (Wildman–Crippen MR) is 47.0 cm³/mol. The molecule has 0 saturated carbocycles. The summed E-state index contributed by atoms with van der Waals surface area (Å²) in [5.74, 6) is 0. The van der Waals surface area contributed by atoms with Crippen molar-refractivity contribution in [2.24, 2.45) is 0 Å². The van der Waals surface area contributed by atoms with E-state index < -0.39 is 8.41 Å². The van der Waals surface area contributed by atoms with Crippen LogP contribution in [0.4, 0.5) is 4.11 Å². The summed E-state index contributed by atoms with van der Waals surface area (Å²) in [4.78, 5) is 0. The highest BCUT2D eigenvalue weighted by Gasteiger charge is 2.40. The van der Waals surface area contributed by atoms with Crippen molar-refractivity contribution in [3.8, 4) is 0 Å². The van der Waals surface area contributed by atoms with Crippen LogP contribution in [0, 0.1) is 0 Å². The van der Waals surface area contributed by atoms with Crippen LogP contribution in [-0.2, 0) is 0 Å². The Kier molecular flexibility index (Phi) is 2.60. The fourth-order valence-electron chi connectivity index (χ4n) is 0.696. The molecule has 0 saturated heterocycles. The average Bonchev–Trinajstić information content (AvgIpc) is 1.84. The molecule has 0 aromatic heterocycles. The van der Waals surface area contributed by atoms with E-state index in [1.165, 1.54) is 11.4 Å². The van der Waals surface area contributed by atoms with Crippen molar-refractivity contribution in [3.05, 3.63) is 24.6 Å². The van der Waals surface area contributed by atoms with E-state index in [0.29, 0.717) is 0 Å². The van der Waals surface area contributed by atoms with E-state index in [4.69, 9.17) is 0 Å². The molecule has 0 aromatic rings. The van der Waals surface area contributed by atoms with Crippen molar-refractivity contribution in [3.63, 3.8) is 0 Å². The van der Waals surface area contributed by atoms with Crippen molar-refractivity contribution in [2.75, 3.05) is 0 Å². The number of halogens is 1. The molecule has 0 radical (unpaired) electrons. The van der Waals surface area contributed by atoms with Crippen LogP contribution >= 0.6 is 0 Å². The van der Waals surface area contributed by atoms with E-state index in [2.05, 4.69) is 13.2 Å². The molecule has 0 nitrogen and oxygen atoms in total. The summed E-state index contributed by atoms with van der Waals surface area (Å²) in [6.07, 6.45) is 0. The van der Waals surface area contributed by atoms with E-state index >= 15 is 0 Å². The standard InChI is InChI=1S/C8H15FSi/c1-6-10(9,7-2)8(3,4)5/h6-7H,1-2H2,3-5H3. The van der Waals surface area contributed by atoms with Gasteiger partial charge in [0.05, 0.1) is 0 Å². The van der Waals surface area contributed by atoms with E-state index in [0.717, 1.165) is 0 Å². The van der Waals surface area contributed by atoms with Crippen molar-refractivity contribution >= 4 is 8.41 Å². The molecule has 0 bridgehead atoms. The molecule has 0 spiro atoms. The summed E-state index contributed by atoms with van der Waals surface area (Å²) in [5.41, 5.74) is 2.86. The highest BCUT2D eigenvalue weighted by molar-refractivity contribution is 6.85. The first-order valence-corrected chi connectivity index (χ1v) is 5.37. The lowest BCUT2D eigenvalue weighted by atomic mass is 10.2. The molecule has 0 aliphatic rings. The van der Waals surface area contributed by atoms with Crippen LogP contribution in [0.5, 0.6) is 0 Å². The van der Waals surface area contributed by atoms with Crippen LogP contribution < -0.4 is 0 Å². The first-order chi connectivity index (χ1) is 4.37. The molecule has 0 fully saturated rings. The molecule has 10 heavy (non-hydrogen) atoms. The Morgan fingerprint density at radius 2 is 1.50 bits per heavy atom. The Morgan fingerprint density at radius 1 is 1.20 bits per heavy atom. The maximum absolute atomic E-state index is 13.7. The molecule has 0 unspecified atom stereocenters. The van der Waals surface area contributed by atoms with Gasteiger partial charge in [-0.25, -0.2) is 0 Å². The maximum atomic E-state index is 13.7. The summed E-state index contributed by atoms with van der Waals surface area (Å²) < 4.78 is 13.7. The highest BCUT2D eigenvalue weighted by Crippen LogP contribution is 2.38. The summed E-state index contributed by atoms with van der Waals surface area (Å²) >= 11 is 0. The third kappa shape index (κ3) is 1.57. The number of rotatable bonds is 2. The monoisotopic (exact) mass is 158 g/mol. The molecular formula is C8H15FSi. The van der Waals surface area contributed by atoms with Gasteiger partial charge >= 0.3 is 0 Å². The molecule has 0 aliphatic heterocycles. The Hall–Kier alpha value is -0.373. The Balaban J connectivity index is 4.65. The van der Waals surface area contributed by atoms with Crippen molar-refractivity contribution < 1.29 is 4.11 Å². The highest BCUT2D eigenvalue weighted by atomic mass is 28.4. The third-order valence-electron chi connectivity index (χ3n) is 1.74. The second-order valence-corrected chi connectivity index (χ2v) is 7.28. The van der Waals surface area contributed by atoms with Crippen LogP contribution in [0.25, 0.3) is 0 Å². The van der Waals surface area contributed by atoms with Crippen molar-refractivity contribution in [2.45, 2.75) is 25.8 Å². The van der Waals surface area contributed by atoms with Gasteiger partial charge in [-0.05, 0) is 5.04 Å². The van der Waals surface area contributed by atoms with E-state index in [1.807, 2.05) is 20.8 Å². The molecular weight excluding hydrogens is 143 g/mol. The van der Waals surface area contributed by atoms with Crippen LogP contribution in [0.1, 0.15) is 20.8 Å². The van der Waals surface area contributed by atoms with Gasteiger partial charge in [0, 0.05) is 0 Å². The number of hydrogen-bond acceptors (Lipinski definition) is 0. The topological polar surface area (TPSA) is 0 Å². The van der Waals surface area contributed by atoms with Crippen molar-refractivity contribution in [1.82, 2.24) is 0 Å². The number of hydrogen-bond donors (Lipinski definition) is 0. The molecule has 0 heterocycles. The normalized spacial score (nSPS) is 12.8. The summed E-state index contributed by atoms with van der Waals surface area (Å²) in [5, 5.41) is -0.309. The van der Waals surface area contributed by atoms with Crippen LogP contribution in [0.15, 0.2) is 24.6 Å². The van der Waals surface area contributed by atoms with Gasteiger partial charge in [0.2, 0.25) is 0 Å². The lowest BCUT2D eigenvalue weighted by Crippen LogP contribution is -2.35. The van der Waals surface area contributed by atoms with Gasteiger partial charge in [-0.15, -0.1) is 13.2 Å². The quantitative estimate of drug-likeness (QED) is 0.428. The van der Waals surface area contributed by atoms with Gasteiger partial charge in [0.15, 0.2) is 0 Å². The lowest BCUT2D eigenvalue weighted by Gasteiger charge is -2.28. The predicted octanol–water partition coefficient (Wildman–Crippen LogP) is 3.15. The smallest absolute Gasteiger partial charge is 0.298 e. The summed E-state index contributed by atoms with van der Waals surface area (Å²) in [6, 6.07) is 0. The molecule has 0 N–H and O–H groups in total. The van der Waals surface area contributed by atoms with Gasteiger partial charge in [0.1, 0.15) is 0 Å². The largest absolute Gasteiger partial charge is 0.303 e. The Bertz CT molecular complexity index is 136. The summed E-state index contributed by atoms with van der Waals surface area (Å²) in [7, 11) is -2.87. The van der Waals surface area contributed by atoms with E-state index in [1.54, 1.807) is 0 Å². The van der Waals surface area contributed by atoms with Gasteiger partial charge < -0.3 is 4.11 Å². The van der Waals surface area contributed by atoms with Gasteiger partial charge in [-0.3, -0.25) is 0 Å². The second kappa shape index (κ2) is 2.70. The lowest BCUT2D eigenvalue weighted by molar-refractivity contribution is 0.639. The van der Waals surface area contributed by atoms with Crippen LogP contribution in [0.3, 0.4) is 0 Å². The molecule has 0 atom stereocenters. The fraction of sp³-hybridized carbons (Fsp3) is 0.500. The zero-order valence-corrected chi connectivity index (χ0v) is 7.95. The average molecular weight is 158 g/mol. The minimum atomic E-state index is -2.87. The molecule has 58 valence electrons. The Morgan fingerprint density at radius 3 is 1.50 bits per heavy atom. The minimum absolute atomic E-state index is 0.309. The molecule has 0 amide bonds. The Labute approximate surface area is 63.6 Å². The van der Waals surface area contributed by atoms with Crippen LogP contribution in [-0.4, -0.2) is 8.41 Å². The summed E-state index contributed by atoms with van der Waals surface area (Å²) in [6.45, 7) is 12.6. The molecule has 0 aromatic carbocycles. The van der Waals surface area contributed by atoms with Gasteiger partial charge in [0.25, 0.3) is 8.41 Å². The molecule has 0 aliphatic carbocycles. The van der Waals surface area contributed by atoms with Gasteiger partial charge in [-0.2, -0.15) is 0 Å².